The molecule has 0 aliphatic carbocycles. The summed E-state index contributed by atoms with van der Waals surface area (Å²) in [5.74, 6) is -0.265. The van der Waals surface area contributed by atoms with Gasteiger partial charge in [0.1, 0.15) is 17.1 Å². The zero-order valence-corrected chi connectivity index (χ0v) is 19.9. The summed E-state index contributed by atoms with van der Waals surface area (Å²) in [6.45, 7) is 5.90. The lowest BCUT2D eigenvalue weighted by Crippen LogP contribution is -2.26. The number of hydrogen-bond donors (Lipinski definition) is 1. The minimum absolute atomic E-state index is 0.128. The molecule has 2 aromatic carbocycles. The number of para-hydroxylation sites is 1. The highest BCUT2D eigenvalue weighted by molar-refractivity contribution is 6.02. The summed E-state index contributed by atoms with van der Waals surface area (Å²) in [5, 5.41) is 0. The van der Waals surface area contributed by atoms with E-state index in [-0.39, 0.29) is 17.0 Å². The normalized spacial score (nSPS) is 15.0. The van der Waals surface area contributed by atoms with Gasteiger partial charge in [0.2, 0.25) is 0 Å². The Hall–Kier alpha value is -4.26. The fourth-order valence-electron chi connectivity index (χ4n) is 3.65. The number of allylic oxidation sites excluding steroid dienone is 1. The van der Waals surface area contributed by atoms with Gasteiger partial charge in [-0.05, 0) is 63.2 Å². The Labute approximate surface area is 204 Å². The number of dihydropyridines is 1. The lowest BCUT2D eigenvalue weighted by molar-refractivity contribution is 0.00678. The minimum Gasteiger partial charge on any atom is -0.457 e. The van der Waals surface area contributed by atoms with Gasteiger partial charge in [0, 0.05) is 11.8 Å². The van der Waals surface area contributed by atoms with Crippen LogP contribution in [0.1, 0.15) is 53.1 Å². The molecule has 2 heterocycles. The highest BCUT2D eigenvalue weighted by atomic mass is 16.6. The van der Waals surface area contributed by atoms with Crippen LogP contribution in [0.3, 0.4) is 0 Å². The molecular weight excluding hydrogens is 442 g/mol. The van der Waals surface area contributed by atoms with Crippen molar-refractivity contribution in [1.82, 2.24) is 4.98 Å². The molecule has 3 aromatic rings. The largest absolute Gasteiger partial charge is 0.457 e. The summed E-state index contributed by atoms with van der Waals surface area (Å²) in [4.78, 5) is 34.6. The van der Waals surface area contributed by atoms with Crippen molar-refractivity contribution >= 4 is 18.1 Å². The smallest absolute Gasteiger partial charge is 0.340 e. The molecule has 0 spiro atoms. The first-order valence-electron chi connectivity index (χ1n) is 11.3. The predicted molar refractivity (Wildman–Crippen MR) is 135 cm³/mol. The molecule has 2 N–H and O–H groups in total. The molecule has 7 heteroatoms. The molecule has 0 bridgehead atoms. The Morgan fingerprint density at radius 3 is 2.26 bits per heavy atom. The Balaban J connectivity index is 1.78. The van der Waals surface area contributed by atoms with E-state index in [1.54, 1.807) is 51.3 Å². The second kappa shape index (κ2) is 9.93. The number of primary amides is 1. The predicted octanol–water partition coefficient (Wildman–Crippen LogP) is 5.32. The molecule has 1 atom stereocenters. The van der Waals surface area contributed by atoms with Crippen molar-refractivity contribution in [3.8, 4) is 22.8 Å². The molecule has 0 saturated carbocycles. The highest BCUT2D eigenvalue weighted by Gasteiger charge is 2.28. The van der Waals surface area contributed by atoms with Gasteiger partial charge in [0.15, 0.2) is 0 Å². The standard InChI is InChI=1S/C28H27N3O4/c1-28(2,3)35-27(33)23-16-22(26(29)32)24(31-25(23)19-8-7-15-30-17-19)18-11-13-21(14-12-18)34-20-9-5-4-6-10-20/h4-14,16-17,19H,15H2,1-3H3,(H2,29,32). The molecule has 178 valence electrons. The van der Waals surface area contributed by atoms with Gasteiger partial charge < -0.3 is 15.2 Å². The minimum atomic E-state index is -0.717. The van der Waals surface area contributed by atoms with Crippen LogP contribution < -0.4 is 10.5 Å². The fourth-order valence-corrected chi connectivity index (χ4v) is 3.65. The van der Waals surface area contributed by atoms with Gasteiger partial charge in [0.25, 0.3) is 5.91 Å². The number of aromatic nitrogens is 1. The fraction of sp³-hybridized carbons (Fsp3) is 0.214. The Morgan fingerprint density at radius 1 is 0.971 bits per heavy atom. The number of rotatable bonds is 6. The maximum absolute atomic E-state index is 13.1. The summed E-state index contributed by atoms with van der Waals surface area (Å²) in [5.41, 5.74) is 6.79. The zero-order chi connectivity index (χ0) is 25.0. The van der Waals surface area contributed by atoms with E-state index in [4.69, 9.17) is 20.2 Å². The van der Waals surface area contributed by atoms with Crippen LogP contribution in [-0.2, 0) is 4.74 Å². The Kier molecular flexibility index (Phi) is 6.78. The van der Waals surface area contributed by atoms with Crippen LogP contribution in [0, 0.1) is 0 Å². The van der Waals surface area contributed by atoms with Crippen molar-refractivity contribution in [1.29, 1.82) is 0 Å². The maximum atomic E-state index is 13.1. The molecule has 1 aliphatic rings. The van der Waals surface area contributed by atoms with Crippen molar-refractivity contribution in [2.24, 2.45) is 10.7 Å². The third-order valence-electron chi connectivity index (χ3n) is 5.18. The monoisotopic (exact) mass is 469 g/mol. The number of nitrogens with two attached hydrogens (primary N) is 1. The summed E-state index contributed by atoms with van der Waals surface area (Å²) in [6.07, 6.45) is 5.57. The molecule has 1 aliphatic heterocycles. The zero-order valence-electron chi connectivity index (χ0n) is 19.9. The topological polar surface area (TPSA) is 104 Å². The summed E-state index contributed by atoms with van der Waals surface area (Å²) < 4.78 is 11.5. The van der Waals surface area contributed by atoms with Crippen LogP contribution >= 0.6 is 0 Å². The van der Waals surface area contributed by atoms with Gasteiger partial charge in [0.05, 0.1) is 35.0 Å². The van der Waals surface area contributed by atoms with Crippen molar-refractivity contribution in [2.75, 3.05) is 6.54 Å². The maximum Gasteiger partial charge on any atom is 0.340 e. The van der Waals surface area contributed by atoms with Crippen LogP contribution in [-0.4, -0.2) is 35.2 Å². The van der Waals surface area contributed by atoms with E-state index < -0.39 is 17.5 Å². The quantitative estimate of drug-likeness (QED) is 0.389. The highest BCUT2D eigenvalue weighted by Crippen LogP contribution is 2.31. The van der Waals surface area contributed by atoms with Crippen LogP contribution in [0.2, 0.25) is 0 Å². The Morgan fingerprint density at radius 2 is 1.66 bits per heavy atom. The van der Waals surface area contributed by atoms with E-state index in [0.29, 0.717) is 35.0 Å². The van der Waals surface area contributed by atoms with Crippen LogP contribution in [0.5, 0.6) is 11.5 Å². The van der Waals surface area contributed by atoms with Gasteiger partial charge in [-0.15, -0.1) is 0 Å². The average Bonchev–Trinajstić information content (AvgIpc) is 2.84. The van der Waals surface area contributed by atoms with Gasteiger partial charge in [-0.2, -0.15) is 0 Å². The third-order valence-corrected chi connectivity index (χ3v) is 5.18. The van der Waals surface area contributed by atoms with Crippen LogP contribution in [0.15, 0.2) is 77.8 Å². The van der Waals surface area contributed by atoms with Gasteiger partial charge in [-0.3, -0.25) is 14.8 Å². The number of benzene rings is 2. The van der Waals surface area contributed by atoms with Crippen molar-refractivity contribution in [2.45, 2.75) is 32.3 Å². The van der Waals surface area contributed by atoms with E-state index in [1.165, 1.54) is 6.07 Å². The molecule has 1 aromatic heterocycles. The van der Waals surface area contributed by atoms with E-state index in [9.17, 15) is 9.59 Å². The van der Waals surface area contributed by atoms with Crippen molar-refractivity contribution < 1.29 is 19.1 Å². The first-order valence-corrected chi connectivity index (χ1v) is 11.3. The summed E-state index contributed by atoms with van der Waals surface area (Å²) in [6, 6.07) is 18.1. The SMILES string of the molecule is CC(C)(C)OC(=O)c1cc(C(N)=O)c(-c2ccc(Oc3ccccc3)cc2)nc1C1C=CCN=C1. The number of nitrogens with zero attached hydrogens (tertiary/aromatic N) is 2. The molecule has 0 radical (unpaired) electrons. The van der Waals surface area contributed by atoms with E-state index in [0.717, 1.165) is 0 Å². The van der Waals surface area contributed by atoms with E-state index in [2.05, 4.69) is 4.99 Å². The molecular formula is C28H27N3O4. The van der Waals surface area contributed by atoms with E-state index in [1.807, 2.05) is 42.5 Å². The average molecular weight is 470 g/mol. The first kappa shape index (κ1) is 23.9. The Bertz CT molecular complexity index is 1280. The molecule has 1 amide bonds. The van der Waals surface area contributed by atoms with Gasteiger partial charge >= 0.3 is 5.97 Å². The van der Waals surface area contributed by atoms with Crippen molar-refractivity contribution in [3.05, 3.63) is 89.6 Å². The van der Waals surface area contributed by atoms with Gasteiger partial charge in [-0.1, -0.05) is 30.4 Å². The number of amides is 1. The molecule has 4 rings (SSSR count). The second-order valence-electron chi connectivity index (χ2n) is 9.09. The number of carbonyl (C=O) groups is 2. The molecule has 35 heavy (non-hydrogen) atoms. The van der Waals surface area contributed by atoms with Crippen molar-refractivity contribution in [3.63, 3.8) is 0 Å². The lowest BCUT2D eigenvalue weighted by Gasteiger charge is -2.22. The third kappa shape index (κ3) is 5.81. The molecule has 7 nitrogen and oxygen atoms in total. The van der Waals surface area contributed by atoms with Crippen LogP contribution in [0.4, 0.5) is 0 Å². The number of ether oxygens (including phenoxy) is 2. The second-order valence-corrected chi connectivity index (χ2v) is 9.09. The lowest BCUT2D eigenvalue weighted by atomic mass is 9.94. The number of aliphatic imine (C=N–C) groups is 1. The number of hydrogen-bond acceptors (Lipinski definition) is 6. The van der Waals surface area contributed by atoms with Gasteiger partial charge in [-0.25, -0.2) is 4.79 Å². The van der Waals surface area contributed by atoms with E-state index >= 15 is 0 Å². The number of esters is 1. The molecule has 1 unspecified atom stereocenters. The van der Waals surface area contributed by atoms with Crippen LogP contribution in [0.25, 0.3) is 11.3 Å². The number of pyridine rings is 1. The first-order chi connectivity index (χ1) is 16.7. The molecule has 0 saturated heterocycles. The molecule has 0 fully saturated rings. The summed E-state index contributed by atoms with van der Waals surface area (Å²) in [7, 11) is 0. The number of carbonyl (C=O) groups excluding carboxylic acids is 2. The summed E-state index contributed by atoms with van der Waals surface area (Å²) >= 11 is 0.